The highest BCUT2D eigenvalue weighted by Crippen LogP contribution is 2.53. The van der Waals surface area contributed by atoms with Gasteiger partial charge in [-0.1, -0.05) is 13.3 Å². The van der Waals surface area contributed by atoms with Gasteiger partial charge in [-0.3, -0.25) is 0 Å². The van der Waals surface area contributed by atoms with Gasteiger partial charge in [-0.25, -0.2) is 0 Å². The number of aliphatic hydroxyl groups is 1. The van der Waals surface area contributed by atoms with Gasteiger partial charge >= 0.3 is 0 Å². The van der Waals surface area contributed by atoms with Crippen LogP contribution in [-0.2, 0) is 0 Å². The molecule has 0 amide bonds. The molecule has 0 aromatic rings. The number of rotatable bonds is 3. The molecule has 1 saturated heterocycles. The zero-order valence-corrected chi connectivity index (χ0v) is 12.3. The molecule has 0 aromatic heterocycles. The van der Waals surface area contributed by atoms with E-state index in [0.29, 0.717) is 12.6 Å². The summed E-state index contributed by atoms with van der Waals surface area (Å²) in [6.45, 7) is 6.13. The van der Waals surface area contributed by atoms with E-state index in [2.05, 4.69) is 25.8 Å². The highest BCUT2D eigenvalue weighted by atomic mass is 16.3. The molecule has 3 nitrogen and oxygen atoms in total. The molecule has 1 heterocycles. The van der Waals surface area contributed by atoms with E-state index in [4.69, 9.17) is 5.73 Å². The van der Waals surface area contributed by atoms with Gasteiger partial charge in [0.05, 0.1) is 5.60 Å². The lowest BCUT2D eigenvalue weighted by Gasteiger charge is -2.51. The van der Waals surface area contributed by atoms with E-state index in [0.717, 1.165) is 38.1 Å². The maximum absolute atomic E-state index is 11.2. The SMILES string of the molecule is CCC1CCC(CN)(C2(O)CCN(C)C(C)C2)C1. The molecule has 0 bridgehead atoms. The van der Waals surface area contributed by atoms with Crippen molar-refractivity contribution >= 4 is 0 Å². The molecule has 2 aliphatic rings. The predicted molar refractivity (Wildman–Crippen MR) is 75.4 cm³/mol. The first kappa shape index (κ1) is 14.3. The van der Waals surface area contributed by atoms with Gasteiger partial charge in [0.25, 0.3) is 0 Å². The summed E-state index contributed by atoms with van der Waals surface area (Å²) >= 11 is 0. The van der Waals surface area contributed by atoms with Crippen LogP contribution < -0.4 is 5.73 Å². The molecular formula is C15H30N2O. The van der Waals surface area contributed by atoms with E-state index in [1.54, 1.807) is 0 Å². The molecule has 3 heteroatoms. The summed E-state index contributed by atoms with van der Waals surface area (Å²) in [5, 5.41) is 11.2. The molecule has 4 unspecified atom stereocenters. The predicted octanol–water partition coefficient (Wildman–Crippen LogP) is 1.99. The van der Waals surface area contributed by atoms with Crippen molar-refractivity contribution in [3.05, 3.63) is 0 Å². The lowest BCUT2D eigenvalue weighted by molar-refractivity contribution is -0.126. The van der Waals surface area contributed by atoms with Gasteiger partial charge in [0.15, 0.2) is 0 Å². The first-order valence-electron chi connectivity index (χ1n) is 7.59. The minimum atomic E-state index is -0.530. The van der Waals surface area contributed by atoms with Crippen molar-refractivity contribution < 1.29 is 5.11 Å². The van der Waals surface area contributed by atoms with Crippen molar-refractivity contribution in [2.75, 3.05) is 20.1 Å². The maximum atomic E-state index is 11.2. The summed E-state index contributed by atoms with van der Waals surface area (Å²) in [5.74, 6) is 0.771. The molecule has 0 radical (unpaired) electrons. The van der Waals surface area contributed by atoms with E-state index in [9.17, 15) is 5.11 Å². The van der Waals surface area contributed by atoms with Crippen LogP contribution in [0.2, 0.25) is 0 Å². The molecule has 18 heavy (non-hydrogen) atoms. The summed E-state index contributed by atoms with van der Waals surface area (Å²) in [6, 6.07) is 0.466. The minimum Gasteiger partial charge on any atom is -0.389 e. The fraction of sp³-hybridized carbons (Fsp3) is 1.00. The van der Waals surface area contributed by atoms with Crippen LogP contribution in [0.25, 0.3) is 0 Å². The molecule has 3 N–H and O–H groups in total. The van der Waals surface area contributed by atoms with Crippen LogP contribution in [0.4, 0.5) is 0 Å². The van der Waals surface area contributed by atoms with E-state index >= 15 is 0 Å². The number of hydrogen-bond acceptors (Lipinski definition) is 3. The number of likely N-dealkylation sites (tertiary alicyclic amines) is 1. The molecule has 1 saturated carbocycles. The first-order valence-corrected chi connectivity index (χ1v) is 7.59. The lowest BCUT2D eigenvalue weighted by atomic mass is 9.64. The quantitative estimate of drug-likeness (QED) is 0.810. The second-order valence-corrected chi connectivity index (χ2v) is 6.82. The Balaban J connectivity index is 2.17. The highest BCUT2D eigenvalue weighted by Gasteiger charge is 2.54. The summed E-state index contributed by atoms with van der Waals surface area (Å²) < 4.78 is 0. The Morgan fingerprint density at radius 1 is 1.33 bits per heavy atom. The van der Waals surface area contributed by atoms with Crippen molar-refractivity contribution in [2.45, 2.75) is 64.0 Å². The zero-order valence-electron chi connectivity index (χ0n) is 12.3. The summed E-state index contributed by atoms with van der Waals surface area (Å²) in [5.41, 5.74) is 5.57. The fourth-order valence-electron chi connectivity index (χ4n) is 4.19. The average Bonchev–Trinajstić information content (AvgIpc) is 2.80. The Morgan fingerprint density at radius 3 is 2.56 bits per heavy atom. The third-order valence-electron chi connectivity index (χ3n) is 5.93. The molecule has 2 rings (SSSR count). The maximum Gasteiger partial charge on any atom is 0.0742 e. The van der Waals surface area contributed by atoms with Crippen LogP contribution in [0.3, 0.4) is 0 Å². The van der Waals surface area contributed by atoms with Crippen LogP contribution in [0.15, 0.2) is 0 Å². The molecule has 1 aliphatic heterocycles. The van der Waals surface area contributed by atoms with Crippen molar-refractivity contribution in [3.63, 3.8) is 0 Å². The monoisotopic (exact) mass is 254 g/mol. The number of piperidine rings is 1. The Labute approximate surface area is 112 Å². The lowest BCUT2D eigenvalue weighted by Crippen LogP contribution is -2.58. The van der Waals surface area contributed by atoms with Crippen LogP contribution in [0.5, 0.6) is 0 Å². The van der Waals surface area contributed by atoms with E-state index < -0.39 is 5.60 Å². The van der Waals surface area contributed by atoms with Crippen LogP contribution in [-0.4, -0.2) is 41.8 Å². The summed E-state index contributed by atoms with van der Waals surface area (Å²) in [4.78, 5) is 2.35. The number of nitrogens with zero attached hydrogens (tertiary/aromatic N) is 1. The van der Waals surface area contributed by atoms with Gasteiger partial charge in [-0.05, 0) is 52.0 Å². The third-order valence-corrected chi connectivity index (χ3v) is 5.93. The van der Waals surface area contributed by atoms with E-state index in [-0.39, 0.29) is 5.41 Å². The third kappa shape index (κ3) is 2.21. The second kappa shape index (κ2) is 5.10. The first-order chi connectivity index (χ1) is 8.46. The molecular weight excluding hydrogens is 224 g/mol. The minimum absolute atomic E-state index is 0.0107. The van der Waals surface area contributed by atoms with E-state index in [1.165, 1.54) is 12.8 Å². The molecule has 2 fully saturated rings. The summed E-state index contributed by atoms with van der Waals surface area (Å²) in [6.07, 6.45) is 6.51. The van der Waals surface area contributed by atoms with Gasteiger partial charge in [0, 0.05) is 24.5 Å². The van der Waals surface area contributed by atoms with Gasteiger partial charge < -0.3 is 15.7 Å². The molecule has 1 aliphatic carbocycles. The normalized spacial score (nSPS) is 46.5. The van der Waals surface area contributed by atoms with Crippen LogP contribution in [0, 0.1) is 11.3 Å². The molecule has 106 valence electrons. The number of nitrogens with two attached hydrogens (primary N) is 1. The van der Waals surface area contributed by atoms with Crippen LogP contribution >= 0.6 is 0 Å². The van der Waals surface area contributed by atoms with Gasteiger partial charge in [-0.2, -0.15) is 0 Å². The second-order valence-electron chi connectivity index (χ2n) is 6.82. The average molecular weight is 254 g/mol. The Morgan fingerprint density at radius 2 is 2.06 bits per heavy atom. The fourth-order valence-corrected chi connectivity index (χ4v) is 4.19. The smallest absolute Gasteiger partial charge is 0.0742 e. The molecule has 0 spiro atoms. The van der Waals surface area contributed by atoms with Crippen molar-refractivity contribution in [1.82, 2.24) is 4.90 Å². The molecule has 0 aromatic carbocycles. The number of hydrogen-bond donors (Lipinski definition) is 2. The standard InChI is InChI=1S/C15H30N2O/c1-4-13-5-6-14(10-13,11-16)15(18)7-8-17(3)12(2)9-15/h12-13,18H,4-11,16H2,1-3H3. The Bertz CT molecular complexity index is 296. The van der Waals surface area contributed by atoms with Gasteiger partial charge in [0.1, 0.15) is 0 Å². The van der Waals surface area contributed by atoms with Gasteiger partial charge in [-0.15, -0.1) is 0 Å². The Hall–Kier alpha value is -0.120. The van der Waals surface area contributed by atoms with E-state index in [1.807, 2.05) is 0 Å². The van der Waals surface area contributed by atoms with Crippen LogP contribution in [0.1, 0.15) is 52.4 Å². The largest absolute Gasteiger partial charge is 0.389 e. The zero-order chi connectivity index (χ0) is 13.4. The summed E-state index contributed by atoms with van der Waals surface area (Å²) in [7, 11) is 2.16. The van der Waals surface area contributed by atoms with Crippen molar-refractivity contribution in [3.8, 4) is 0 Å². The van der Waals surface area contributed by atoms with Crippen molar-refractivity contribution in [2.24, 2.45) is 17.1 Å². The van der Waals surface area contributed by atoms with Crippen molar-refractivity contribution in [1.29, 1.82) is 0 Å². The molecule has 4 atom stereocenters. The highest BCUT2D eigenvalue weighted by molar-refractivity contribution is 5.07. The van der Waals surface area contributed by atoms with Gasteiger partial charge in [0.2, 0.25) is 0 Å². The Kier molecular flexibility index (Phi) is 4.05. The topological polar surface area (TPSA) is 49.5 Å².